The van der Waals surface area contributed by atoms with Crippen LogP contribution < -0.4 is 0 Å². The Hall–Kier alpha value is -1.16. The van der Waals surface area contributed by atoms with Gasteiger partial charge in [0.1, 0.15) is 5.69 Å². The van der Waals surface area contributed by atoms with E-state index in [1.807, 2.05) is 37.3 Å². The van der Waals surface area contributed by atoms with Gasteiger partial charge in [0.2, 0.25) is 0 Å². The number of rotatable bonds is 3. The van der Waals surface area contributed by atoms with Crippen LogP contribution in [0.1, 0.15) is 5.56 Å². The second-order valence-corrected chi connectivity index (χ2v) is 3.93. The van der Waals surface area contributed by atoms with Crippen LogP contribution in [0.5, 0.6) is 0 Å². The van der Waals surface area contributed by atoms with Gasteiger partial charge < -0.3 is 4.90 Å². The number of benzene rings is 1. The molecule has 14 heavy (non-hydrogen) atoms. The molecule has 0 saturated carbocycles. The Kier molecular flexibility index (Phi) is 3.83. The van der Waals surface area contributed by atoms with Gasteiger partial charge in [-0.25, -0.2) is 0 Å². The molecule has 0 atom stereocenters. The molecule has 0 aliphatic heterocycles. The lowest BCUT2D eigenvalue weighted by atomic mass is 10.2. The molecule has 0 fully saturated rings. The van der Waals surface area contributed by atoms with Crippen molar-refractivity contribution in [3.63, 3.8) is 0 Å². The number of nitrogens with zero attached hydrogens (tertiary/aromatic N) is 2. The van der Waals surface area contributed by atoms with Crippen LogP contribution in [-0.4, -0.2) is 19.0 Å². The first-order chi connectivity index (χ1) is 6.63. The first-order valence-electron chi connectivity index (χ1n) is 4.11. The third-order valence-electron chi connectivity index (χ3n) is 1.64. The monoisotopic (exact) mass is 254 g/mol. The molecule has 74 valence electrons. The second kappa shape index (κ2) is 4.91. The highest BCUT2D eigenvalue weighted by atomic mass is 79.9. The van der Waals surface area contributed by atoms with Crippen LogP contribution in [0.2, 0.25) is 0 Å². The van der Waals surface area contributed by atoms with Gasteiger partial charge in [-0.15, -0.1) is 4.91 Å². The van der Waals surface area contributed by atoms with Crippen molar-refractivity contribution < 1.29 is 0 Å². The normalized spacial score (nSPS) is 10.5. The Morgan fingerprint density at radius 3 is 2.64 bits per heavy atom. The van der Waals surface area contributed by atoms with E-state index in [1.165, 1.54) is 0 Å². The van der Waals surface area contributed by atoms with Gasteiger partial charge in [0, 0.05) is 18.6 Å². The summed E-state index contributed by atoms with van der Waals surface area (Å²) in [5.74, 6) is 0. The van der Waals surface area contributed by atoms with Crippen LogP contribution in [0.4, 0.5) is 5.69 Å². The van der Waals surface area contributed by atoms with Crippen molar-refractivity contribution in [2.24, 2.45) is 5.18 Å². The van der Waals surface area contributed by atoms with Gasteiger partial charge in [0.25, 0.3) is 0 Å². The lowest BCUT2D eigenvalue weighted by molar-refractivity contribution is 0.567. The van der Waals surface area contributed by atoms with Gasteiger partial charge in [0.15, 0.2) is 0 Å². The lowest BCUT2D eigenvalue weighted by Crippen LogP contribution is -1.99. The van der Waals surface area contributed by atoms with Crippen LogP contribution >= 0.6 is 15.9 Å². The molecule has 1 rings (SSSR count). The Balaban J connectivity index is 2.94. The predicted molar refractivity (Wildman–Crippen MR) is 62.3 cm³/mol. The molecule has 1 aromatic carbocycles. The first-order valence-corrected chi connectivity index (χ1v) is 4.90. The summed E-state index contributed by atoms with van der Waals surface area (Å²) in [7, 11) is 3.90. The minimum Gasteiger partial charge on any atom is -0.383 e. The van der Waals surface area contributed by atoms with Crippen LogP contribution in [-0.2, 0) is 0 Å². The molecule has 4 heteroatoms. The fourth-order valence-corrected chi connectivity index (χ4v) is 1.44. The molecule has 0 radical (unpaired) electrons. The number of hydrogen-bond donors (Lipinski definition) is 0. The highest BCUT2D eigenvalue weighted by Gasteiger charge is 1.98. The van der Waals surface area contributed by atoms with Crippen LogP contribution in [0, 0.1) is 4.91 Å². The summed E-state index contributed by atoms with van der Waals surface area (Å²) in [4.78, 5) is 12.2. The summed E-state index contributed by atoms with van der Waals surface area (Å²) < 4.78 is 0.868. The zero-order valence-corrected chi connectivity index (χ0v) is 9.65. The first kappa shape index (κ1) is 10.9. The third kappa shape index (κ3) is 2.96. The average Bonchev–Trinajstić information content (AvgIpc) is 2.15. The van der Waals surface area contributed by atoms with Gasteiger partial charge in [-0.05, 0) is 35.1 Å². The summed E-state index contributed by atoms with van der Waals surface area (Å²) in [5.41, 5.74) is 1.45. The Bertz CT molecular complexity index is 361. The number of halogens is 1. The fraction of sp³-hybridized carbons (Fsp3) is 0.200. The molecule has 0 bridgehead atoms. The predicted octanol–water partition coefficient (Wildman–Crippen LogP) is 3.38. The highest BCUT2D eigenvalue weighted by Crippen LogP contribution is 2.24. The van der Waals surface area contributed by atoms with Crippen molar-refractivity contribution in [2.45, 2.75) is 0 Å². The zero-order chi connectivity index (χ0) is 10.6. The maximum absolute atomic E-state index is 10.2. The molecule has 0 heterocycles. The molecule has 1 aromatic rings. The van der Waals surface area contributed by atoms with E-state index in [0.29, 0.717) is 5.69 Å². The molecule has 0 aliphatic carbocycles. The molecule has 0 spiro atoms. The Morgan fingerprint density at radius 1 is 1.43 bits per heavy atom. The molecule has 0 aliphatic rings. The van der Waals surface area contributed by atoms with Crippen LogP contribution in [0.15, 0.2) is 34.0 Å². The van der Waals surface area contributed by atoms with Crippen molar-refractivity contribution in [1.29, 1.82) is 0 Å². The third-order valence-corrected chi connectivity index (χ3v) is 2.33. The van der Waals surface area contributed by atoms with E-state index in [1.54, 1.807) is 12.1 Å². The zero-order valence-electron chi connectivity index (χ0n) is 8.07. The van der Waals surface area contributed by atoms with Crippen LogP contribution in [0.25, 0.3) is 6.08 Å². The topological polar surface area (TPSA) is 32.7 Å². The van der Waals surface area contributed by atoms with Gasteiger partial charge >= 0.3 is 0 Å². The smallest absolute Gasteiger partial charge is 0.109 e. The molecule has 0 saturated heterocycles. The van der Waals surface area contributed by atoms with E-state index in [0.717, 1.165) is 10.0 Å². The SMILES string of the molecule is CN(C)/C=C/c1ccc(N=O)cc1Br. The molecule has 0 aromatic heterocycles. The summed E-state index contributed by atoms with van der Waals surface area (Å²) in [6, 6.07) is 5.23. The molecule has 0 N–H and O–H groups in total. The summed E-state index contributed by atoms with van der Waals surface area (Å²) in [6.45, 7) is 0. The minimum absolute atomic E-state index is 0.430. The van der Waals surface area contributed by atoms with Crippen molar-refractivity contribution in [1.82, 2.24) is 4.90 Å². The van der Waals surface area contributed by atoms with Gasteiger partial charge in [-0.2, -0.15) is 0 Å². The van der Waals surface area contributed by atoms with Crippen LogP contribution in [0.3, 0.4) is 0 Å². The maximum Gasteiger partial charge on any atom is 0.109 e. The average molecular weight is 255 g/mol. The van der Waals surface area contributed by atoms with Crippen molar-refractivity contribution in [3.05, 3.63) is 39.3 Å². The Labute approximate surface area is 91.5 Å². The largest absolute Gasteiger partial charge is 0.383 e. The van der Waals surface area contributed by atoms with Crippen molar-refractivity contribution >= 4 is 27.7 Å². The summed E-state index contributed by atoms with van der Waals surface area (Å²) in [6.07, 6.45) is 3.90. The standard InChI is InChI=1S/C10H11BrN2O/c1-13(2)6-5-8-3-4-9(12-14)7-10(8)11/h3-7H,1-2H3/b6-5+. The number of nitroso groups, excluding NO2 is 1. The maximum atomic E-state index is 10.2. The summed E-state index contributed by atoms with van der Waals surface area (Å²) >= 11 is 3.37. The molecule has 3 nitrogen and oxygen atoms in total. The van der Waals surface area contributed by atoms with E-state index in [4.69, 9.17) is 0 Å². The Morgan fingerprint density at radius 2 is 2.14 bits per heavy atom. The van der Waals surface area contributed by atoms with E-state index < -0.39 is 0 Å². The fourth-order valence-electron chi connectivity index (χ4n) is 0.937. The molecule has 0 unspecified atom stereocenters. The molecule has 0 amide bonds. The van der Waals surface area contributed by atoms with E-state index in [2.05, 4.69) is 21.1 Å². The minimum atomic E-state index is 0.430. The van der Waals surface area contributed by atoms with Gasteiger partial charge in [-0.1, -0.05) is 22.0 Å². The molecular weight excluding hydrogens is 244 g/mol. The summed E-state index contributed by atoms with van der Waals surface area (Å²) in [5, 5.41) is 2.85. The second-order valence-electron chi connectivity index (χ2n) is 3.08. The quantitative estimate of drug-likeness (QED) is 0.775. The van der Waals surface area contributed by atoms with E-state index in [-0.39, 0.29) is 0 Å². The van der Waals surface area contributed by atoms with E-state index in [9.17, 15) is 4.91 Å². The van der Waals surface area contributed by atoms with Crippen molar-refractivity contribution in [2.75, 3.05) is 14.1 Å². The number of hydrogen-bond acceptors (Lipinski definition) is 3. The van der Waals surface area contributed by atoms with Gasteiger partial charge in [0.05, 0.1) is 0 Å². The highest BCUT2D eigenvalue weighted by molar-refractivity contribution is 9.10. The van der Waals surface area contributed by atoms with Gasteiger partial charge in [-0.3, -0.25) is 0 Å². The van der Waals surface area contributed by atoms with Crippen molar-refractivity contribution in [3.8, 4) is 0 Å². The molecular formula is C10H11BrN2O. The van der Waals surface area contributed by atoms with E-state index >= 15 is 0 Å². The lowest BCUT2D eigenvalue weighted by Gasteiger charge is -2.04.